The monoisotopic (exact) mass is 166 g/mol. The minimum atomic E-state index is 0.468. The molecule has 0 aliphatic heterocycles. The first kappa shape index (κ1) is 8.28. The van der Waals surface area contributed by atoms with E-state index in [9.17, 15) is 4.79 Å². The molecule has 0 bridgehead atoms. The highest BCUT2D eigenvalue weighted by Gasteiger charge is 2.35. The summed E-state index contributed by atoms with van der Waals surface area (Å²) in [5.74, 6) is 2.67. The Morgan fingerprint density at radius 3 is 2.92 bits per heavy atom. The van der Waals surface area contributed by atoms with Crippen molar-refractivity contribution in [1.82, 2.24) is 0 Å². The second-order valence-electron chi connectivity index (χ2n) is 4.64. The second kappa shape index (κ2) is 3.20. The van der Waals surface area contributed by atoms with E-state index < -0.39 is 0 Å². The van der Waals surface area contributed by atoms with Gasteiger partial charge in [-0.05, 0) is 37.5 Å². The predicted octanol–water partition coefficient (Wildman–Crippen LogP) is 2.79. The van der Waals surface area contributed by atoms with E-state index in [1.165, 1.54) is 25.7 Å². The Labute approximate surface area is 74.5 Å². The summed E-state index contributed by atoms with van der Waals surface area (Å²) in [7, 11) is 0. The summed E-state index contributed by atoms with van der Waals surface area (Å²) in [6, 6.07) is 0. The molecule has 0 heterocycles. The third-order valence-corrected chi connectivity index (χ3v) is 3.66. The lowest BCUT2D eigenvalue weighted by Gasteiger charge is -2.37. The van der Waals surface area contributed by atoms with Gasteiger partial charge in [0, 0.05) is 12.3 Å². The van der Waals surface area contributed by atoms with Gasteiger partial charge < -0.3 is 0 Å². The Hall–Kier alpha value is -0.330. The largest absolute Gasteiger partial charge is 0.299 e. The summed E-state index contributed by atoms with van der Waals surface area (Å²) >= 11 is 0. The van der Waals surface area contributed by atoms with Gasteiger partial charge in [0.05, 0.1) is 0 Å². The van der Waals surface area contributed by atoms with Gasteiger partial charge in [0.25, 0.3) is 0 Å². The van der Waals surface area contributed by atoms with E-state index >= 15 is 0 Å². The first-order chi connectivity index (χ1) is 5.77. The van der Waals surface area contributed by atoms with Gasteiger partial charge in [0.2, 0.25) is 0 Å². The molecule has 1 heteroatoms. The first-order valence-electron chi connectivity index (χ1n) is 5.30. The molecule has 2 fully saturated rings. The van der Waals surface area contributed by atoms with Crippen LogP contribution in [0.25, 0.3) is 0 Å². The maximum Gasteiger partial charge on any atom is 0.136 e. The van der Waals surface area contributed by atoms with Crippen molar-refractivity contribution in [2.45, 2.75) is 45.4 Å². The fraction of sp³-hybridized carbons (Fsp3) is 0.909. The molecular formula is C11H18O. The number of hydrogen-bond donors (Lipinski definition) is 0. The third kappa shape index (κ3) is 1.41. The van der Waals surface area contributed by atoms with E-state index in [0.29, 0.717) is 11.7 Å². The van der Waals surface area contributed by atoms with E-state index in [2.05, 4.69) is 6.92 Å². The van der Waals surface area contributed by atoms with Crippen molar-refractivity contribution in [3.8, 4) is 0 Å². The summed E-state index contributed by atoms with van der Waals surface area (Å²) in [5.41, 5.74) is 0. The molecule has 3 atom stereocenters. The van der Waals surface area contributed by atoms with Crippen molar-refractivity contribution in [2.75, 3.05) is 0 Å². The van der Waals surface area contributed by atoms with Crippen LogP contribution in [0.2, 0.25) is 0 Å². The molecule has 2 aliphatic rings. The lowest BCUT2D eigenvalue weighted by atomic mass is 9.67. The molecule has 12 heavy (non-hydrogen) atoms. The van der Waals surface area contributed by atoms with Gasteiger partial charge in [-0.25, -0.2) is 0 Å². The highest BCUT2D eigenvalue weighted by Crippen LogP contribution is 2.40. The fourth-order valence-corrected chi connectivity index (χ4v) is 2.97. The van der Waals surface area contributed by atoms with Gasteiger partial charge in [-0.3, -0.25) is 4.79 Å². The Balaban J connectivity index is 2.04. The number of carbonyl (C=O) groups is 1. The number of carbonyl (C=O) groups excluding carboxylic acids is 1. The van der Waals surface area contributed by atoms with Crippen LogP contribution in [0.5, 0.6) is 0 Å². The molecule has 0 N–H and O–H groups in total. The highest BCUT2D eigenvalue weighted by atomic mass is 16.1. The van der Waals surface area contributed by atoms with Crippen LogP contribution < -0.4 is 0 Å². The summed E-state index contributed by atoms with van der Waals surface area (Å²) < 4.78 is 0. The lowest BCUT2D eigenvalue weighted by molar-refractivity contribution is -0.128. The first-order valence-corrected chi connectivity index (χ1v) is 5.30. The molecule has 68 valence electrons. The summed E-state index contributed by atoms with van der Waals surface area (Å²) in [5, 5.41) is 0. The molecule has 1 nitrogen and oxygen atoms in total. The zero-order valence-corrected chi connectivity index (χ0v) is 7.88. The number of fused-ring (bicyclic) bond motifs is 1. The zero-order chi connectivity index (χ0) is 8.55. The molecule has 0 radical (unpaired) electrons. The molecule has 0 saturated heterocycles. The van der Waals surface area contributed by atoms with Crippen molar-refractivity contribution in [1.29, 1.82) is 0 Å². The van der Waals surface area contributed by atoms with Crippen LogP contribution in [-0.2, 0) is 4.79 Å². The van der Waals surface area contributed by atoms with E-state index in [-0.39, 0.29) is 0 Å². The van der Waals surface area contributed by atoms with Crippen molar-refractivity contribution >= 4 is 5.78 Å². The quantitative estimate of drug-likeness (QED) is 0.541. The maximum atomic E-state index is 11.5. The standard InChI is InChI=1S/C11H18O/c1-8-5-6-10-9(7-8)3-2-4-11(10)12/h8-10H,2-7H2,1H3/t8-,9-,10-/m0/s1. The maximum absolute atomic E-state index is 11.5. The molecule has 0 aromatic heterocycles. The van der Waals surface area contributed by atoms with Crippen LogP contribution in [0, 0.1) is 17.8 Å². The molecule has 0 amide bonds. The topological polar surface area (TPSA) is 17.1 Å². The molecule has 2 aliphatic carbocycles. The fourth-order valence-electron chi connectivity index (χ4n) is 2.97. The number of ketones is 1. The molecule has 0 aromatic carbocycles. The van der Waals surface area contributed by atoms with Crippen LogP contribution in [-0.4, -0.2) is 5.78 Å². The Kier molecular flexibility index (Phi) is 2.20. The van der Waals surface area contributed by atoms with Crippen LogP contribution in [0.1, 0.15) is 45.4 Å². The van der Waals surface area contributed by atoms with E-state index in [0.717, 1.165) is 24.7 Å². The SMILES string of the molecule is C[C@H]1CC[C@@H]2C(=O)CCC[C@H]2C1. The normalized spacial score (nSPS) is 42.4. The third-order valence-electron chi connectivity index (χ3n) is 3.66. The smallest absolute Gasteiger partial charge is 0.136 e. The van der Waals surface area contributed by atoms with E-state index in [1.807, 2.05) is 0 Å². The average Bonchev–Trinajstić information content (AvgIpc) is 2.04. The summed E-state index contributed by atoms with van der Waals surface area (Å²) in [6.45, 7) is 2.33. The molecular weight excluding hydrogens is 148 g/mol. The zero-order valence-electron chi connectivity index (χ0n) is 7.88. The van der Waals surface area contributed by atoms with Gasteiger partial charge in [-0.2, -0.15) is 0 Å². The lowest BCUT2D eigenvalue weighted by Crippen LogP contribution is -2.33. The van der Waals surface area contributed by atoms with E-state index in [4.69, 9.17) is 0 Å². The Morgan fingerprint density at radius 2 is 2.08 bits per heavy atom. The summed E-state index contributed by atoms with van der Waals surface area (Å²) in [4.78, 5) is 11.5. The van der Waals surface area contributed by atoms with Crippen molar-refractivity contribution < 1.29 is 4.79 Å². The molecule has 0 spiro atoms. The number of rotatable bonds is 0. The van der Waals surface area contributed by atoms with E-state index in [1.54, 1.807) is 0 Å². The molecule has 2 saturated carbocycles. The van der Waals surface area contributed by atoms with Gasteiger partial charge in [-0.1, -0.05) is 13.3 Å². The van der Waals surface area contributed by atoms with Gasteiger partial charge in [0.1, 0.15) is 5.78 Å². The van der Waals surface area contributed by atoms with Crippen molar-refractivity contribution in [2.24, 2.45) is 17.8 Å². The van der Waals surface area contributed by atoms with Gasteiger partial charge in [0.15, 0.2) is 0 Å². The highest BCUT2D eigenvalue weighted by molar-refractivity contribution is 5.82. The van der Waals surface area contributed by atoms with Crippen LogP contribution in [0.4, 0.5) is 0 Å². The van der Waals surface area contributed by atoms with Crippen molar-refractivity contribution in [3.63, 3.8) is 0 Å². The minimum absolute atomic E-state index is 0.468. The van der Waals surface area contributed by atoms with Gasteiger partial charge in [-0.15, -0.1) is 0 Å². The predicted molar refractivity (Wildman–Crippen MR) is 48.9 cm³/mol. The van der Waals surface area contributed by atoms with Gasteiger partial charge >= 0.3 is 0 Å². The Bertz CT molecular complexity index is 185. The average molecular weight is 166 g/mol. The molecule has 2 rings (SSSR count). The summed E-state index contributed by atoms with van der Waals surface area (Å²) in [6.07, 6.45) is 7.14. The Morgan fingerprint density at radius 1 is 1.25 bits per heavy atom. The van der Waals surface area contributed by atoms with Crippen LogP contribution >= 0.6 is 0 Å². The minimum Gasteiger partial charge on any atom is -0.299 e. The van der Waals surface area contributed by atoms with Crippen LogP contribution in [0.3, 0.4) is 0 Å². The molecule has 0 aromatic rings. The molecule has 0 unspecified atom stereocenters. The number of Topliss-reactive ketones (excluding diaryl/α,β-unsaturated/α-hetero) is 1. The van der Waals surface area contributed by atoms with Crippen molar-refractivity contribution in [3.05, 3.63) is 0 Å². The second-order valence-corrected chi connectivity index (χ2v) is 4.64. The van der Waals surface area contributed by atoms with Crippen LogP contribution in [0.15, 0.2) is 0 Å². The number of hydrogen-bond acceptors (Lipinski definition) is 1.